The van der Waals surface area contributed by atoms with E-state index < -0.39 is 17.1 Å². The van der Waals surface area contributed by atoms with Gasteiger partial charge in [-0.05, 0) is 11.6 Å². The van der Waals surface area contributed by atoms with Crippen molar-refractivity contribution in [1.82, 2.24) is 5.32 Å². The average Bonchev–Trinajstić information content (AvgIpc) is 2.12. The van der Waals surface area contributed by atoms with Crippen LogP contribution in [0.5, 0.6) is 0 Å². The van der Waals surface area contributed by atoms with Crippen molar-refractivity contribution in [3.63, 3.8) is 0 Å². The number of hydrogen-bond donors (Lipinski definition) is 2. The van der Waals surface area contributed by atoms with Gasteiger partial charge in [-0.3, -0.25) is 4.79 Å². The predicted molar refractivity (Wildman–Crippen MR) is 51.1 cm³/mol. The van der Waals surface area contributed by atoms with Crippen LogP contribution in [0.4, 0.5) is 0 Å². The number of hydrogen-bond acceptors (Lipinski definition) is 4. The fourth-order valence-corrected chi connectivity index (χ4v) is 1.76. The summed E-state index contributed by atoms with van der Waals surface area (Å²) < 4.78 is 11.0. The van der Waals surface area contributed by atoms with E-state index in [1.54, 1.807) is 6.92 Å². The second-order valence-electron chi connectivity index (χ2n) is 2.47. The molecule has 0 heterocycles. The Morgan fingerprint density at radius 1 is 1.77 bits per heavy atom. The normalized spacial score (nSPS) is 16.5. The van der Waals surface area contributed by atoms with Gasteiger partial charge in [-0.15, -0.1) is 0 Å². The zero-order valence-electron chi connectivity index (χ0n) is 7.90. The molecule has 1 amide bonds. The van der Waals surface area contributed by atoms with Gasteiger partial charge in [-0.1, -0.05) is 6.92 Å². The van der Waals surface area contributed by atoms with Crippen LogP contribution in [-0.2, 0) is 16.0 Å². The fraction of sp³-hybridized carbons (Fsp3) is 0.714. The smallest absolute Gasteiger partial charge is 0.266 e. The number of oxime groups is 1. The van der Waals surface area contributed by atoms with E-state index in [0.717, 1.165) is 0 Å². The van der Waals surface area contributed by atoms with Gasteiger partial charge >= 0.3 is 0 Å². The molecule has 13 heavy (non-hydrogen) atoms. The van der Waals surface area contributed by atoms with Crippen LogP contribution in [-0.4, -0.2) is 34.0 Å². The molecule has 2 atom stereocenters. The third-order valence-corrected chi connectivity index (χ3v) is 2.62. The molecule has 2 N–H and O–H groups in total. The summed E-state index contributed by atoms with van der Waals surface area (Å²) in [6, 6.07) is 0. The molecule has 0 radical (unpaired) electrons. The minimum absolute atomic E-state index is 0.0156. The van der Waals surface area contributed by atoms with Crippen molar-refractivity contribution in [3.8, 4) is 0 Å². The van der Waals surface area contributed by atoms with Gasteiger partial charge in [0, 0.05) is 18.2 Å². The lowest BCUT2D eigenvalue weighted by atomic mass is 10.1. The Morgan fingerprint density at radius 2 is 2.31 bits per heavy atom. The molecule has 0 spiro atoms. The summed E-state index contributed by atoms with van der Waals surface area (Å²) in [6.45, 7) is 1.76. The number of carbonyl (C=O) groups is 1. The summed E-state index contributed by atoms with van der Waals surface area (Å²) >= 11 is -1.42. The van der Waals surface area contributed by atoms with E-state index in [-0.39, 0.29) is 11.0 Å². The van der Waals surface area contributed by atoms with Gasteiger partial charge < -0.3 is 15.1 Å². The van der Waals surface area contributed by atoms with Crippen LogP contribution in [0.1, 0.15) is 13.3 Å². The van der Waals surface area contributed by atoms with Gasteiger partial charge in [-0.2, -0.15) is 0 Å². The number of nitrogens with zero attached hydrogens (tertiary/aromatic N) is 1. The number of nitrogens with one attached hydrogen (secondary N) is 1. The number of rotatable bonds is 3. The third-order valence-electron chi connectivity index (χ3n) is 1.66. The minimum atomic E-state index is -1.42. The van der Waals surface area contributed by atoms with E-state index in [9.17, 15) is 9.35 Å². The molecule has 5 nitrogen and oxygen atoms in total. The quantitative estimate of drug-likeness (QED) is 0.223. The summed E-state index contributed by atoms with van der Waals surface area (Å²) in [4.78, 5) is 11.2. The first kappa shape index (κ1) is 12.2. The molecule has 0 saturated heterocycles. The molecular weight excluding hydrogens is 192 g/mol. The van der Waals surface area contributed by atoms with Crippen molar-refractivity contribution < 1.29 is 14.6 Å². The molecular formula is C7H14N2O3S. The Hall–Kier alpha value is -0.750. The van der Waals surface area contributed by atoms with Crippen LogP contribution in [0.25, 0.3) is 0 Å². The molecule has 76 valence electrons. The predicted octanol–water partition coefficient (Wildman–Crippen LogP) is -0.0752. The maximum absolute atomic E-state index is 11.2. The first-order valence-electron chi connectivity index (χ1n) is 3.85. The van der Waals surface area contributed by atoms with Crippen LogP contribution in [0, 0.1) is 5.92 Å². The van der Waals surface area contributed by atoms with Crippen LogP contribution in [0.2, 0.25) is 0 Å². The van der Waals surface area contributed by atoms with Crippen LogP contribution in [0.15, 0.2) is 5.16 Å². The van der Waals surface area contributed by atoms with Crippen molar-refractivity contribution in [3.05, 3.63) is 0 Å². The Morgan fingerprint density at radius 3 is 2.54 bits per heavy atom. The van der Waals surface area contributed by atoms with E-state index >= 15 is 0 Å². The molecule has 0 aromatic rings. The first-order valence-corrected chi connectivity index (χ1v) is 5.41. The standard InChI is InChI=1S/C7H14N2O3S/c1-4-5(6(10)8-2)7(9-11)13(3)12/h5,11H,4H2,1-3H3,(H,8,10). The molecule has 0 aromatic carbocycles. The second-order valence-corrected chi connectivity index (χ2v) is 3.79. The Labute approximate surface area is 80.4 Å². The summed E-state index contributed by atoms with van der Waals surface area (Å²) in [5, 5.41) is 13.9. The summed E-state index contributed by atoms with van der Waals surface area (Å²) in [7, 11) is 1.48. The monoisotopic (exact) mass is 206 g/mol. The maximum atomic E-state index is 11.2. The lowest BCUT2D eigenvalue weighted by Crippen LogP contribution is -2.36. The largest absolute Gasteiger partial charge is 0.611 e. The van der Waals surface area contributed by atoms with Gasteiger partial charge in [0.2, 0.25) is 5.91 Å². The van der Waals surface area contributed by atoms with Crippen LogP contribution >= 0.6 is 0 Å². The molecule has 2 unspecified atom stereocenters. The van der Waals surface area contributed by atoms with Gasteiger partial charge in [0.15, 0.2) is 0 Å². The molecule has 6 heteroatoms. The molecule has 0 aliphatic heterocycles. The van der Waals surface area contributed by atoms with E-state index in [1.165, 1.54) is 13.3 Å². The van der Waals surface area contributed by atoms with E-state index in [1.807, 2.05) is 0 Å². The zero-order chi connectivity index (χ0) is 10.4. The molecule has 0 aliphatic carbocycles. The number of carbonyl (C=O) groups excluding carboxylic acids is 1. The summed E-state index contributed by atoms with van der Waals surface area (Å²) in [5.74, 6) is -0.897. The summed E-state index contributed by atoms with van der Waals surface area (Å²) in [5.41, 5.74) is 0. The first-order chi connectivity index (χ1) is 6.08. The van der Waals surface area contributed by atoms with E-state index in [4.69, 9.17) is 5.21 Å². The van der Waals surface area contributed by atoms with Gasteiger partial charge in [-0.25, -0.2) is 0 Å². The zero-order valence-corrected chi connectivity index (χ0v) is 8.72. The molecule has 0 fully saturated rings. The Kier molecular flexibility index (Phi) is 5.48. The Bertz CT molecular complexity index is 206. The SMILES string of the molecule is CCC(C(=O)NC)C(=NO)[S+](C)[O-]. The van der Waals surface area contributed by atoms with Crippen molar-refractivity contribution >= 4 is 22.1 Å². The van der Waals surface area contributed by atoms with Crippen molar-refractivity contribution in [1.29, 1.82) is 0 Å². The van der Waals surface area contributed by atoms with E-state index in [2.05, 4.69) is 10.5 Å². The molecule has 0 aromatic heterocycles. The second kappa shape index (κ2) is 5.82. The van der Waals surface area contributed by atoms with Crippen LogP contribution < -0.4 is 5.32 Å². The molecule has 0 saturated carbocycles. The van der Waals surface area contributed by atoms with Crippen molar-refractivity contribution in [2.75, 3.05) is 13.3 Å². The van der Waals surface area contributed by atoms with Crippen LogP contribution in [0.3, 0.4) is 0 Å². The highest BCUT2D eigenvalue weighted by molar-refractivity contribution is 8.05. The topological polar surface area (TPSA) is 84.8 Å². The molecule has 0 bridgehead atoms. The van der Waals surface area contributed by atoms with E-state index in [0.29, 0.717) is 6.42 Å². The Balaban J connectivity index is 4.64. The number of amides is 1. The molecule has 0 rings (SSSR count). The molecule has 0 aliphatic rings. The van der Waals surface area contributed by atoms with Gasteiger partial charge in [0.1, 0.15) is 12.2 Å². The third kappa shape index (κ3) is 3.23. The lowest BCUT2D eigenvalue weighted by Gasteiger charge is -2.14. The maximum Gasteiger partial charge on any atom is 0.266 e. The fourth-order valence-electron chi connectivity index (χ4n) is 0.974. The average molecular weight is 206 g/mol. The van der Waals surface area contributed by atoms with Gasteiger partial charge in [0.05, 0.1) is 0 Å². The highest BCUT2D eigenvalue weighted by atomic mass is 32.2. The van der Waals surface area contributed by atoms with Crippen molar-refractivity contribution in [2.45, 2.75) is 13.3 Å². The van der Waals surface area contributed by atoms with Gasteiger partial charge in [0.25, 0.3) is 5.04 Å². The lowest BCUT2D eigenvalue weighted by molar-refractivity contribution is -0.122. The summed E-state index contributed by atoms with van der Waals surface area (Å²) in [6.07, 6.45) is 1.83. The highest BCUT2D eigenvalue weighted by Crippen LogP contribution is 2.10. The highest BCUT2D eigenvalue weighted by Gasteiger charge is 2.29. The van der Waals surface area contributed by atoms with Crippen molar-refractivity contribution in [2.24, 2.45) is 11.1 Å². The minimum Gasteiger partial charge on any atom is -0.611 e.